The summed E-state index contributed by atoms with van der Waals surface area (Å²) in [5.74, 6) is 0. The average molecular weight is 187 g/mol. The number of rotatable bonds is 0. The maximum absolute atomic E-state index is 12.2. The van der Waals surface area contributed by atoms with Gasteiger partial charge in [-0.25, -0.2) is 4.98 Å². The molecule has 0 atom stereocenters. The molecule has 1 heterocycles. The van der Waals surface area contributed by atoms with Gasteiger partial charge in [0.1, 0.15) is 5.69 Å². The van der Waals surface area contributed by atoms with E-state index < -0.39 is 11.9 Å². The van der Waals surface area contributed by atoms with Gasteiger partial charge in [-0.3, -0.25) is 0 Å². The van der Waals surface area contributed by atoms with Crippen molar-refractivity contribution in [2.24, 2.45) is 0 Å². The van der Waals surface area contributed by atoms with Crippen molar-refractivity contribution < 1.29 is 13.2 Å². The summed E-state index contributed by atoms with van der Waals surface area (Å²) < 4.78 is 36.6. The van der Waals surface area contributed by atoms with E-state index in [1.165, 1.54) is 6.07 Å². The molecule has 0 unspecified atom stereocenters. The van der Waals surface area contributed by atoms with E-state index in [0.717, 1.165) is 24.5 Å². The summed E-state index contributed by atoms with van der Waals surface area (Å²) in [7, 11) is 0. The number of alkyl halides is 3. The van der Waals surface area contributed by atoms with Gasteiger partial charge >= 0.3 is 6.18 Å². The number of aromatic nitrogens is 1. The summed E-state index contributed by atoms with van der Waals surface area (Å²) in [5, 5.41) is 0. The lowest BCUT2D eigenvalue weighted by molar-refractivity contribution is -0.141. The minimum Gasteiger partial charge on any atom is -0.248 e. The maximum atomic E-state index is 12.2. The van der Waals surface area contributed by atoms with Crippen molar-refractivity contribution in [3.8, 4) is 0 Å². The van der Waals surface area contributed by atoms with Gasteiger partial charge in [-0.1, -0.05) is 6.07 Å². The molecule has 4 heteroatoms. The van der Waals surface area contributed by atoms with Crippen molar-refractivity contribution in [1.29, 1.82) is 0 Å². The lowest BCUT2D eigenvalue weighted by Gasteiger charge is -2.06. The van der Waals surface area contributed by atoms with E-state index >= 15 is 0 Å². The highest BCUT2D eigenvalue weighted by Gasteiger charge is 2.33. The summed E-state index contributed by atoms with van der Waals surface area (Å²) in [6.45, 7) is 0. The van der Waals surface area contributed by atoms with Gasteiger partial charge in [0.25, 0.3) is 0 Å². The van der Waals surface area contributed by atoms with Crippen molar-refractivity contribution in [2.45, 2.75) is 25.4 Å². The molecule has 0 N–H and O–H groups in total. The zero-order chi connectivity index (χ0) is 9.47. The zero-order valence-corrected chi connectivity index (χ0v) is 6.86. The van der Waals surface area contributed by atoms with Crippen LogP contribution in [0.2, 0.25) is 0 Å². The lowest BCUT2D eigenvalue weighted by Crippen LogP contribution is -2.09. The van der Waals surface area contributed by atoms with Gasteiger partial charge in [0.15, 0.2) is 0 Å². The van der Waals surface area contributed by atoms with E-state index in [1.54, 1.807) is 0 Å². The van der Waals surface area contributed by atoms with Crippen LogP contribution in [0.4, 0.5) is 13.2 Å². The highest BCUT2D eigenvalue weighted by atomic mass is 19.4. The zero-order valence-electron chi connectivity index (χ0n) is 6.86. The Kier molecular flexibility index (Phi) is 1.78. The summed E-state index contributed by atoms with van der Waals surface area (Å²) in [5.41, 5.74) is 0.816. The second-order valence-electron chi connectivity index (χ2n) is 3.15. The highest BCUT2D eigenvalue weighted by Crippen LogP contribution is 2.30. The van der Waals surface area contributed by atoms with E-state index in [9.17, 15) is 13.2 Å². The molecule has 0 saturated carbocycles. The van der Waals surface area contributed by atoms with Crippen LogP contribution < -0.4 is 0 Å². The van der Waals surface area contributed by atoms with E-state index in [0.29, 0.717) is 12.1 Å². The predicted molar refractivity (Wildman–Crippen MR) is 41.3 cm³/mol. The number of hydrogen-bond donors (Lipinski definition) is 0. The molecular formula is C9H8F3N. The first-order valence-electron chi connectivity index (χ1n) is 4.13. The third-order valence-electron chi connectivity index (χ3n) is 2.22. The third kappa shape index (κ3) is 1.53. The quantitative estimate of drug-likeness (QED) is 0.608. The Labute approximate surface area is 73.6 Å². The third-order valence-corrected chi connectivity index (χ3v) is 2.22. The number of hydrogen-bond acceptors (Lipinski definition) is 1. The molecule has 70 valence electrons. The molecule has 0 saturated heterocycles. The van der Waals surface area contributed by atoms with Crippen LogP contribution in [0.1, 0.15) is 23.4 Å². The van der Waals surface area contributed by atoms with Crippen molar-refractivity contribution in [3.05, 3.63) is 29.1 Å². The van der Waals surface area contributed by atoms with Crippen LogP contribution >= 0.6 is 0 Å². The van der Waals surface area contributed by atoms with E-state index in [-0.39, 0.29) is 0 Å². The van der Waals surface area contributed by atoms with Gasteiger partial charge in [-0.2, -0.15) is 13.2 Å². The lowest BCUT2D eigenvalue weighted by atomic mass is 10.2. The van der Waals surface area contributed by atoms with Gasteiger partial charge in [0, 0.05) is 5.69 Å². The normalized spacial score (nSPS) is 15.9. The molecule has 0 aromatic carbocycles. The first-order valence-corrected chi connectivity index (χ1v) is 4.13. The van der Waals surface area contributed by atoms with Gasteiger partial charge in [-0.15, -0.1) is 0 Å². The largest absolute Gasteiger partial charge is 0.433 e. The summed E-state index contributed by atoms with van der Waals surface area (Å²) in [6.07, 6.45) is -1.85. The second-order valence-corrected chi connectivity index (χ2v) is 3.15. The van der Waals surface area contributed by atoms with Crippen LogP contribution in [0.25, 0.3) is 0 Å². The molecule has 1 aliphatic carbocycles. The van der Waals surface area contributed by atoms with E-state index in [4.69, 9.17) is 0 Å². The van der Waals surface area contributed by atoms with Crippen LogP contribution in [0.15, 0.2) is 12.1 Å². The Bertz CT molecular complexity index is 330. The number of pyridine rings is 1. The Morgan fingerprint density at radius 3 is 2.62 bits per heavy atom. The monoisotopic (exact) mass is 187 g/mol. The number of fused-ring (bicyclic) bond motifs is 1. The Morgan fingerprint density at radius 2 is 1.92 bits per heavy atom. The molecular weight excluding hydrogens is 179 g/mol. The molecule has 0 amide bonds. The highest BCUT2D eigenvalue weighted by molar-refractivity contribution is 5.27. The average Bonchev–Trinajstić information content (AvgIpc) is 2.47. The molecule has 1 aliphatic rings. The molecule has 0 fully saturated rings. The second kappa shape index (κ2) is 2.72. The summed E-state index contributed by atoms with van der Waals surface area (Å²) >= 11 is 0. The van der Waals surface area contributed by atoms with Crippen molar-refractivity contribution in [3.63, 3.8) is 0 Å². The first kappa shape index (κ1) is 8.53. The van der Waals surface area contributed by atoms with Crippen LogP contribution in [0.5, 0.6) is 0 Å². The molecule has 0 bridgehead atoms. The number of nitrogens with zero attached hydrogens (tertiary/aromatic N) is 1. The fraction of sp³-hybridized carbons (Fsp3) is 0.444. The topological polar surface area (TPSA) is 12.9 Å². The fourth-order valence-corrected chi connectivity index (χ4v) is 1.58. The number of aryl methyl sites for hydroxylation is 2. The molecule has 1 nitrogen and oxygen atoms in total. The summed E-state index contributed by atoms with van der Waals surface area (Å²) in [4.78, 5) is 3.60. The van der Waals surface area contributed by atoms with Gasteiger partial charge in [0.05, 0.1) is 0 Å². The van der Waals surface area contributed by atoms with Crippen molar-refractivity contribution >= 4 is 0 Å². The minimum absolute atomic E-state index is 0.620. The number of halogens is 3. The first-order chi connectivity index (χ1) is 6.07. The van der Waals surface area contributed by atoms with Crippen molar-refractivity contribution in [1.82, 2.24) is 4.98 Å². The maximum Gasteiger partial charge on any atom is 0.433 e. The minimum atomic E-state index is -4.31. The molecule has 0 aliphatic heterocycles. The van der Waals surface area contributed by atoms with Crippen LogP contribution in [0.3, 0.4) is 0 Å². The van der Waals surface area contributed by atoms with E-state index in [1.807, 2.05) is 0 Å². The Morgan fingerprint density at radius 1 is 1.15 bits per heavy atom. The predicted octanol–water partition coefficient (Wildman–Crippen LogP) is 2.59. The van der Waals surface area contributed by atoms with Gasteiger partial charge in [0.2, 0.25) is 0 Å². The SMILES string of the molecule is FC(F)(F)c1ccc2c(n1)CCC2. The Balaban J connectivity index is 2.42. The molecule has 0 spiro atoms. The molecule has 1 aromatic heterocycles. The van der Waals surface area contributed by atoms with Crippen LogP contribution in [-0.2, 0) is 19.0 Å². The van der Waals surface area contributed by atoms with Gasteiger partial charge < -0.3 is 0 Å². The standard InChI is InChI=1S/C9H8F3N/c10-9(11,12)8-5-4-6-2-1-3-7(6)13-8/h4-5H,1-3H2. The molecule has 1 aromatic rings. The smallest absolute Gasteiger partial charge is 0.248 e. The van der Waals surface area contributed by atoms with Crippen LogP contribution in [-0.4, -0.2) is 4.98 Å². The molecule has 13 heavy (non-hydrogen) atoms. The Hall–Kier alpha value is -1.06. The van der Waals surface area contributed by atoms with E-state index in [2.05, 4.69) is 4.98 Å². The van der Waals surface area contributed by atoms with Gasteiger partial charge in [-0.05, 0) is 30.9 Å². The molecule has 0 radical (unpaired) electrons. The van der Waals surface area contributed by atoms with Crippen molar-refractivity contribution in [2.75, 3.05) is 0 Å². The fourth-order valence-electron chi connectivity index (χ4n) is 1.58. The molecule has 2 rings (SSSR count). The summed E-state index contributed by atoms with van der Waals surface area (Å²) in [6, 6.07) is 2.60. The van der Waals surface area contributed by atoms with Crippen LogP contribution in [0, 0.1) is 0 Å².